The number of hydrogen-bond acceptors (Lipinski definition) is 3. The van der Waals surface area contributed by atoms with Gasteiger partial charge in [-0.15, -0.1) is 0 Å². The first-order chi connectivity index (χ1) is 8.31. The summed E-state index contributed by atoms with van der Waals surface area (Å²) in [6.45, 7) is 4.31. The van der Waals surface area contributed by atoms with E-state index in [0.29, 0.717) is 19.5 Å². The van der Waals surface area contributed by atoms with E-state index in [1.165, 1.54) is 25.7 Å². The summed E-state index contributed by atoms with van der Waals surface area (Å²) in [5.41, 5.74) is 0. The second-order valence-corrected chi connectivity index (χ2v) is 4.34. The maximum Gasteiger partial charge on any atom is 0.220 e. The minimum atomic E-state index is 0.145. The van der Waals surface area contributed by atoms with Gasteiger partial charge in [-0.05, 0) is 6.42 Å². The van der Waals surface area contributed by atoms with Gasteiger partial charge in [0.1, 0.15) is 0 Å². The lowest BCUT2D eigenvalue weighted by atomic mass is 10.1. The fourth-order valence-corrected chi connectivity index (χ4v) is 1.65. The molecule has 0 saturated heterocycles. The molecule has 0 aliphatic rings. The number of unbranched alkanes of at least 4 members (excludes halogenated alkanes) is 5. The number of rotatable bonds is 12. The Kier molecular flexibility index (Phi) is 13.0. The zero-order valence-electron chi connectivity index (χ0n) is 11.1. The number of nitrogens with one attached hydrogen (secondary N) is 2. The normalized spacial score (nSPS) is 10.5. The summed E-state index contributed by atoms with van der Waals surface area (Å²) < 4.78 is 0. The van der Waals surface area contributed by atoms with Crippen LogP contribution in [0.2, 0.25) is 0 Å². The first kappa shape index (κ1) is 16.4. The third-order valence-electron chi connectivity index (χ3n) is 2.67. The fraction of sp³-hybridized carbons (Fsp3) is 0.923. The van der Waals surface area contributed by atoms with Gasteiger partial charge < -0.3 is 15.7 Å². The highest BCUT2D eigenvalue weighted by atomic mass is 16.3. The molecule has 3 N–H and O–H groups in total. The first-order valence-corrected chi connectivity index (χ1v) is 6.89. The highest BCUT2D eigenvalue weighted by molar-refractivity contribution is 5.75. The van der Waals surface area contributed by atoms with Crippen LogP contribution in [0.15, 0.2) is 0 Å². The van der Waals surface area contributed by atoms with Gasteiger partial charge in [-0.25, -0.2) is 0 Å². The zero-order chi connectivity index (χ0) is 12.8. The Morgan fingerprint density at radius 3 is 2.41 bits per heavy atom. The van der Waals surface area contributed by atoms with E-state index in [2.05, 4.69) is 17.6 Å². The fourth-order valence-electron chi connectivity index (χ4n) is 1.65. The lowest BCUT2D eigenvalue weighted by Gasteiger charge is -2.05. The molecule has 0 aromatic heterocycles. The molecular weight excluding hydrogens is 216 g/mol. The van der Waals surface area contributed by atoms with Gasteiger partial charge in [0, 0.05) is 26.1 Å². The highest BCUT2D eigenvalue weighted by Gasteiger charge is 1.99. The van der Waals surface area contributed by atoms with E-state index >= 15 is 0 Å². The van der Waals surface area contributed by atoms with Crippen LogP contribution in [0.5, 0.6) is 0 Å². The third-order valence-corrected chi connectivity index (χ3v) is 2.67. The predicted octanol–water partition coefficient (Wildman–Crippen LogP) is 1.44. The first-order valence-electron chi connectivity index (χ1n) is 6.89. The van der Waals surface area contributed by atoms with Crippen molar-refractivity contribution < 1.29 is 9.90 Å². The molecule has 0 unspecified atom stereocenters. The highest BCUT2D eigenvalue weighted by Crippen LogP contribution is 2.06. The topological polar surface area (TPSA) is 61.4 Å². The number of aliphatic hydroxyl groups excluding tert-OH is 1. The summed E-state index contributed by atoms with van der Waals surface area (Å²) in [7, 11) is 0. The van der Waals surface area contributed by atoms with Crippen molar-refractivity contribution in [1.82, 2.24) is 10.6 Å². The summed E-state index contributed by atoms with van der Waals surface area (Å²) in [5.74, 6) is 0.145. The maximum absolute atomic E-state index is 11.4. The van der Waals surface area contributed by atoms with Crippen LogP contribution in [0.1, 0.15) is 51.9 Å². The SMILES string of the molecule is CCCCCCCCC(=O)NCCNCCO. The predicted molar refractivity (Wildman–Crippen MR) is 71.0 cm³/mol. The van der Waals surface area contributed by atoms with Crippen LogP contribution < -0.4 is 10.6 Å². The molecule has 0 aromatic carbocycles. The van der Waals surface area contributed by atoms with Crippen LogP contribution in [0, 0.1) is 0 Å². The Morgan fingerprint density at radius 1 is 1.00 bits per heavy atom. The van der Waals surface area contributed by atoms with E-state index in [0.717, 1.165) is 19.4 Å². The van der Waals surface area contributed by atoms with E-state index in [-0.39, 0.29) is 12.5 Å². The van der Waals surface area contributed by atoms with Gasteiger partial charge in [-0.2, -0.15) is 0 Å². The van der Waals surface area contributed by atoms with Crippen LogP contribution >= 0.6 is 0 Å². The van der Waals surface area contributed by atoms with Crippen LogP contribution in [0.25, 0.3) is 0 Å². The van der Waals surface area contributed by atoms with Crippen molar-refractivity contribution in [1.29, 1.82) is 0 Å². The molecule has 0 rings (SSSR count). The lowest BCUT2D eigenvalue weighted by Crippen LogP contribution is -2.32. The largest absolute Gasteiger partial charge is 0.395 e. The van der Waals surface area contributed by atoms with E-state index < -0.39 is 0 Å². The van der Waals surface area contributed by atoms with Gasteiger partial charge in [0.05, 0.1) is 6.61 Å². The minimum absolute atomic E-state index is 0.145. The number of carbonyl (C=O) groups excluding carboxylic acids is 1. The molecule has 102 valence electrons. The molecular formula is C13H28N2O2. The molecule has 0 aromatic rings. The van der Waals surface area contributed by atoms with Crippen molar-refractivity contribution in [2.24, 2.45) is 0 Å². The van der Waals surface area contributed by atoms with Crippen LogP contribution in [0.4, 0.5) is 0 Å². The quantitative estimate of drug-likeness (QED) is 0.455. The number of hydrogen-bond donors (Lipinski definition) is 3. The number of aliphatic hydroxyl groups is 1. The van der Waals surface area contributed by atoms with Crippen LogP contribution in [-0.4, -0.2) is 37.3 Å². The molecule has 4 heteroatoms. The molecule has 0 aliphatic carbocycles. The lowest BCUT2D eigenvalue weighted by molar-refractivity contribution is -0.121. The molecule has 0 heterocycles. The summed E-state index contributed by atoms with van der Waals surface area (Å²) in [6, 6.07) is 0. The number of carbonyl (C=O) groups is 1. The monoisotopic (exact) mass is 244 g/mol. The minimum Gasteiger partial charge on any atom is -0.395 e. The van der Waals surface area contributed by atoms with Gasteiger partial charge >= 0.3 is 0 Å². The third kappa shape index (κ3) is 13.3. The van der Waals surface area contributed by atoms with Gasteiger partial charge in [0.2, 0.25) is 5.91 Å². The Morgan fingerprint density at radius 2 is 1.71 bits per heavy atom. The van der Waals surface area contributed by atoms with Crippen molar-refractivity contribution in [3.8, 4) is 0 Å². The Labute approximate surface area is 105 Å². The van der Waals surface area contributed by atoms with Gasteiger partial charge in [0.15, 0.2) is 0 Å². The molecule has 0 atom stereocenters. The van der Waals surface area contributed by atoms with Crippen molar-refractivity contribution >= 4 is 5.91 Å². The zero-order valence-corrected chi connectivity index (χ0v) is 11.1. The van der Waals surface area contributed by atoms with Crippen molar-refractivity contribution in [2.75, 3.05) is 26.2 Å². The van der Waals surface area contributed by atoms with E-state index in [4.69, 9.17) is 5.11 Å². The van der Waals surface area contributed by atoms with Crippen molar-refractivity contribution in [3.05, 3.63) is 0 Å². The van der Waals surface area contributed by atoms with Crippen LogP contribution in [0.3, 0.4) is 0 Å². The Hall–Kier alpha value is -0.610. The molecule has 0 bridgehead atoms. The molecule has 1 amide bonds. The second-order valence-electron chi connectivity index (χ2n) is 4.34. The summed E-state index contributed by atoms with van der Waals surface area (Å²) in [4.78, 5) is 11.4. The summed E-state index contributed by atoms with van der Waals surface area (Å²) >= 11 is 0. The van der Waals surface area contributed by atoms with E-state index in [9.17, 15) is 4.79 Å². The van der Waals surface area contributed by atoms with E-state index in [1.54, 1.807) is 0 Å². The number of amides is 1. The van der Waals surface area contributed by atoms with Gasteiger partial charge in [-0.1, -0.05) is 39.0 Å². The van der Waals surface area contributed by atoms with Gasteiger partial charge in [0.25, 0.3) is 0 Å². The molecule has 17 heavy (non-hydrogen) atoms. The van der Waals surface area contributed by atoms with Crippen molar-refractivity contribution in [2.45, 2.75) is 51.9 Å². The second kappa shape index (κ2) is 13.5. The average molecular weight is 244 g/mol. The maximum atomic E-state index is 11.4. The molecule has 0 saturated carbocycles. The smallest absolute Gasteiger partial charge is 0.220 e. The molecule has 0 radical (unpaired) electrons. The standard InChI is InChI=1S/C13H28N2O2/c1-2-3-4-5-6-7-8-13(17)15-10-9-14-11-12-16/h14,16H,2-12H2,1H3,(H,15,17). The van der Waals surface area contributed by atoms with Crippen molar-refractivity contribution in [3.63, 3.8) is 0 Å². The summed E-state index contributed by atoms with van der Waals surface area (Å²) in [5, 5.41) is 14.4. The Balaban J connectivity index is 3.12. The average Bonchev–Trinajstić information content (AvgIpc) is 2.33. The van der Waals surface area contributed by atoms with Crippen LogP contribution in [-0.2, 0) is 4.79 Å². The molecule has 4 nitrogen and oxygen atoms in total. The summed E-state index contributed by atoms with van der Waals surface area (Å²) in [6.07, 6.45) is 7.92. The molecule has 0 aliphatic heterocycles. The molecule has 0 fully saturated rings. The Bertz CT molecular complexity index is 175. The molecule has 0 spiro atoms. The van der Waals surface area contributed by atoms with Gasteiger partial charge in [-0.3, -0.25) is 4.79 Å². The van der Waals surface area contributed by atoms with E-state index in [1.807, 2.05) is 0 Å².